The van der Waals surface area contributed by atoms with Gasteiger partial charge in [0.2, 0.25) is 0 Å². The fourth-order valence-electron chi connectivity index (χ4n) is 2.97. The fraction of sp³-hybridized carbons (Fsp3) is 0.625. The van der Waals surface area contributed by atoms with Gasteiger partial charge in [0.25, 0.3) is 0 Å². The molecule has 1 heterocycles. The zero-order valence-corrected chi connectivity index (χ0v) is 14.0. The van der Waals surface area contributed by atoms with Crippen LogP contribution in [0.15, 0.2) is 18.2 Å². The second kappa shape index (κ2) is 6.36. The first-order valence-corrected chi connectivity index (χ1v) is 9.46. The third kappa shape index (κ3) is 3.98. The first kappa shape index (κ1) is 16.3. The molecule has 0 amide bonds. The van der Waals surface area contributed by atoms with Crippen LogP contribution in [0.25, 0.3) is 0 Å². The van der Waals surface area contributed by atoms with Gasteiger partial charge in [-0.05, 0) is 43.9 Å². The number of nitrogens with two attached hydrogens (primary N) is 1. The highest BCUT2D eigenvalue weighted by Gasteiger charge is 2.28. The van der Waals surface area contributed by atoms with Crippen LogP contribution in [0.5, 0.6) is 0 Å². The molecular formula is C16H26N2O2S. The molecule has 0 spiro atoms. The molecule has 0 aromatic heterocycles. The van der Waals surface area contributed by atoms with Gasteiger partial charge in [0.15, 0.2) is 9.84 Å². The van der Waals surface area contributed by atoms with Crippen LogP contribution in [-0.4, -0.2) is 38.6 Å². The van der Waals surface area contributed by atoms with E-state index < -0.39 is 9.84 Å². The molecule has 2 atom stereocenters. The molecule has 1 aromatic rings. The van der Waals surface area contributed by atoms with Crippen molar-refractivity contribution in [3.8, 4) is 0 Å². The molecular weight excluding hydrogens is 284 g/mol. The van der Waals surface area contributed by atoms with Gasteiger partial charge >= 0.3 is 0 Å². The highest BCUT2D eigenvalue weighted by Crippen LogP contribution is 2.26. The maximum atomic E-state index is 11.7. The molecule has 2 rings (SSSR count). The Bertz CT molecular complexity index is 598. The van der Waals surface area contributed by atoms with E-state index in [1.54, 1.807) is 0 Å². The van der Waals surface area contributed by atoms with E-state index in [1.165, 1.54) is 11.1 Å². The quantitative estimate of drug-likeness (QED) is 0.922. The average molecular weight is 310 g/mol. The van der Waals surface area contributed by atoms with Crippen molar-refractivity contribution in [1.29, 1.82) is 0 Å². The van der Waals surface area contributed by atoms with E-state index in [2.05, 4.69) is 36.9 Å². The fourth-order valence-corrected chi connectivity index (χ4v) is 4.53. The summed E-state index contributed by atoms with van der Waals surface area (Å²) >= 11 is 0. The normalized spacial score (nSPS) is 23.0. The Hall–Kier alpha value is -1.07. The van der Waals surface area contributed by atoms with Crippen LogP contribution in [0.3, 0.4) is 0 Å². The van der Waals surface area contributed by atoms with Crippen molar-refractivity contribution < 1.29 is 8.42 Å². The topological polar surface area (TPSA) is 63.4 Å². The summed E-state index contributed by atoms with van der Waals surface area (Å²) in [5, 5.41) is 0. The lowest BCUT2D eigenvalue weighted by atomic mass is 10.0. The first-order chi connectivity index (χ1) is 9.82. The number of benzene rings is 1. The standard InChI is InChI=1S/C16H26N2O2S/c1-4-15(17)10-14-5-6-16(12(2)9-14)18-7-8-21(19,20)11-13(18)3/h5-6,9,13,15H,4,7-8,10-11,17H2,1-3H3. The van der Waals surface area contributed by atoms with Crippen LogP contribution in [0, 0.1) is 6.92 Å². The lowest BCUT2D eigenvalue weighted by Gasteiger charge is -2.36. The highest BCUT2D eigenvalue weighted by atomic mass is 32.2. The number of sulfone groups is 1. The number of nitrogens with zero attached hydrogens (tertiary/aromatic N) is 1. The summed E-state index contributed by atoms with van der Waals surface area (Å²) in [4.78, 5) is 2.21. The molecule has 1 saturated heterocycles. The Morgan fingerprint density at radius 3 is 2.71 bits per heavy atom. The number of aryl methyl sites for hydroxylation is 1. The Balaban J connectivity index is 2.18. The lowest BCUT2D eigenvalue weighted by molar-refractivity contribution is 0.568. The van der Waals surface area contributed by atoms with Crippen molar-refractivity contribution in [2.24, 2.45) is 5.73 Å². The van der Waals surface area contributed by atoms with Crippen molar-refractivity contribution in [3.05, 3.63) is 29.3 Å². The van der Waals surface area contributed by atoms with Gasteiger partial charge in [-0.2, -0.15) is 0 Å². The monoisotopic (exact) mass is 310 g/mol. The van der Waals surface area contributed by atoms with Gasteiger partial charge < -0.3 is 10.6 Å². The van der Waals surface area contributed by atoms with Crippen LogP contribution in [0.1, 0.15) is 31.4 Å². The van der Waals surface area contributed by atoms with Gasteiger partial charge in [0, 0.05) is 24.3 Å². The van der Waals surface area contributed by atoms with Gasteiger partial charge in [-0.1, -0.05) is 19.1 Å². The summed E-state index contributed by atoms with van der Waals surface area (Å²) in [5.74, 6) is 0.494. The Morgan fingerprint density at radius 1 is 1.43 bits per heavy atom. The zero-order valence-electron chi connectivity index (χ0n) is 13.2. The number of hydrogen-bond donors (Lipinski definition) is 1. The molecule has 1 aromatic carbocycles. The Kier molecular flexibility index (Phi) is 4.94. The van der Waals surface area contributed by atoms with E-state index in [0.717, 1.165) is 18.5 Å². The smallest absolute Gasteiger partial charge is 0.154 e. The molecule has 1 aliphatic rings. The molecule has 118 valence electrons. The number of hydrogen-bond acceptors (Lipinski definition) is 4. The van der Waals surface area contributed by atoms with Crippen molar-refractivity contribution in [2.45, 2.75) is 45.7 Å². The largest absolute Gasteiger partial charge is 0.367 e. The molecule has 21 heavy (non-hydrogen) atoms. The molecule has 5 heteroatoms. The van der Waals surface area contributed by atoms with Crippen molar-refractivity contribution in [2.75, 3.05) is 23.0 Å². The summed E-state index contributed by atoms with van der Waals surface area (Å²) in [6.45, 7) is 6.75. The summed E-state index contributed by atoms with van der Waals surface area (Å²) in [6.07, 6.45) is 1.86. The minimum absolute atomic E-state index is 0.0335. The van der Waals surface area contributed by atoms with Crippen molar-refractivity contribution in [1.82, 2.24) is 0 Å². The molecule has 4 nitrogen and oxygen atoms in total. The van der Waals surface area contributed by atoms with E-state index >= 15 is 0 Å². The maximum Gasteiger partial charge on any atom is 0.154 e. The molecule has 0 saturated carbocycles. The van der Waals surface area contributed by atoms with E-state index in [9.17, 15) is 8.42 Å². The molecule has 0 bridgehead atoms. The number of anilines is 1. The first-order valence-electron chi connectivity index (χ1n) is 7.64. The molecule has 1 aliphatic heterocycles. The molecule has 2 N–H and O–H groups in total. The van der Waals surface area contributed by atoms with Gasteiger partial charge in [0.05, 0.1) is 11.5 Å². The van der Waals surface area contributed by atoms with Crippen LogP contribution >= 0.6 is 0 Å². The van der Waals surface area contributed by atoms with Crippen LogP contribution in [0.4, 0.5) is 5.69 Å². The van der Waals surface area contributed by atoms with Crippen LogP contribution in [0.2, 0.25) is 0 Å². The summed E-state index contributed by atoms with van der Waals surface area (Å²) in [6, 6.07) is 6.65. The third-order valence-electron chi connectivity index (χ3n) is 4.26. The Labute approximate surface area is 128 Å². The van der Waals surface area contributed by atoms with E-state index in [-0.39, 0.29) is 23.6 Å². The van der Waals surface area contributed by atoms with Crippen LogP contribution in [-0.2, 0) is 16.3 Å². The minimum atomic E-state index is -2.87. The van der Waals surface area contributed by atoms with E-state index in [4.69, 9.17) is 5.73 Å². The van der Waals surface area contributed by atoms with E-state index in [0.29, 0.717) is 6.54 Å². The van der Waals surface area contributed by atoms with Gasteiger partial charge in [-0.3, -0.25) is 0 Å². The van der Waals surface area contributed by atoms with Gasteiger partial charge in [-0.25, -0.2) is 8.42 Å². The molecule has 2 unspecified atom stereocenters. The Morgan fingerprint density at radius 2 is 2.14 bits per heavy atom. The maximum absolute atomic E-state index is 11.7. The van der Waals surface area contributed by atoms with Gasteiger partial charge in [0.1, 0.15) is 0 Å². The lowest BCUT2D eigenvalue weighted by Crippen LogP contribution is -2.47. The highest BCUT2D eigenvalue weighted by molar-refractivity contribution is 7.91. The second-order valence-corrected chi connectivity index (χ2v) is 8.38. The zero-order chi connectivity index (χ0) is 15.6. The minimum Gasteiger partial charge on any atom is -0.367 e. The van der Waals surface area contributed by atoms with Gasteiger partial charge in [-0.15, -0.1) is 0 Å². The summed E-state index contributed by atoms with van der Waals surface area (Å²) in [5.41, 5.74) is 9.60. The SMILES string of the molecule is CCC(N)Cc1ccc(N2CCS(=O)(=O)CC2C)c(C)c1. The van der Waals surface area contributed by atoms with Crippen molar-refractivity contribution >= 4 is 15.5 Å². The summed E-state index contributed by atoms with van der Waals surface area (Å²) in [7, 11) is -2.87. The molecule has 0 radical (unpaired) electrons. The predicted molar refractivity (Wildman–Crippen MR) is 88.6 cm³/mol. The predicted octanol–water partition coefficient (Wildman–Crippen LogP) is 1.90. The second-order valence-electron chi connectivity index (χ2n) is 6.15. The van der Waals surface area contributed by atoms with Crippen molar-refractivity contribution in [3.63, 3.8) is 0 Å². The average Bonchev–Trinajstić information content (AvgIpc) is 2.39. The van der Waals surface area contributed by atoms with E-state index in [1.807, 2.05) is 6.92 Å². The summed E-state index contributed by atoms with van der Waals surface area (Å²) < 4.78 is 23.4. The molecule has 1 fully saturated rings. The van der Waals surface area contributed by atoms with Crippen LogP contribution < -0.4 is 10.6 Å². The number of rotatable bonds is 4. The molecule has 0 aliphatic carbocycles. The third-order valence-corrected chi connectivity index (χ3v) is 6.06.